The van der Waals surface area contributed by atoms with Crippen molar-refractivity contribution >= 4 is 41.2 Å². The second-order valence-electron chi connectivity index (χ2n) is 6.40. The molecule has 156 valence electrons. The van der Waals surface area contributed by atoms with E-state index in [-0.39, 0.29) is 11.4 Å². The van der Waals surface area contributed by atoms with Crippen LogP contribution in [0.25, 0.3) is 6.08 Å². The van der Waals surface area contributed by atoms with E-state index in [1.165, 1.54) is 11.8 Å². The number of thioether (sulfide) groups is 1. The van der Waals surface area contributed by atoms with Gasteiger partial charge >= 0.3 is 0 Å². The highest BCUT2D eigenvalue weighted by atomic mass is 32.2. The summed E-state index contributed by atoms with van der Waals surface area (Å²) in [4.78, 5) is 41.4. The standard InChI is InChI=1S/C23H20N4O3S/c24-21(28)15-31-19-10-4-9-18(13-19)26-23(30)20(12-16-6-5-11-25-14-16)27-22(29)17-7-2-1-3-8-17/h1-14H,15H2,(H2,24,28)(H,26,30)(H,27,29)/b20-12+. The smallest absolute Gasteiger partial charge is 0.272 e. The number of aromatic nitrogens is 1. The molecule has 0 radical (unpaired) electrons. The lowest BCUT2D eigenvalue weighted by Crippen LogP contribution is -2.30. The normalized spacial score (nSPS) is 10.9. The number of carbonyl (C=O) groups is 3. The van der Waals surface area contributed by atoms with E-state index in [9.17, 15) is 14.4 Å². The van der Waals surface area contributed by atoms with E-state index in [0.717, 1.165) is 4.90 Å². The van der Waals surface area contributed by atoms with E-state index in [4.69, 9.17) is 5.73 Å². The molecule has 7 nitrogen and oxygen atoms in total. The van der Waals surface area contributed by atoms with Crippen molar-refractivity contribution in [3.05, 3.63) is 95.9 Å². The molecule has 1 aromatic heterocycles. The molecule has 0 bridgehead atoms. The third-order valence-corrected chi connectivity index (χ3v) is 5.01. The molecule has 8 heteroatoms. The highest BCUT2D eigenvalue weighted by molar-refractivity contribution is 8.00. The predicted octanol–water partition coefficient (Wildman–Crippen LogP) is 3.07. The molecule has 2 aromatic carbocycles. The van der Waals surface area contributed by atoms with Gasteiger partial charge in [-0.3, -0.25) is 19.4 Å². The van der Waals surface area contributed by atoms with Crippen LogP contribution in [-0.4, -0.2) is 28.5 Å². The van der Waals surface area contributed by atoms with Gasteiger partial charge < -0.3 is 16.4 Å². The third kappa shape index (κ3) is 6.83. The molecule has 0 aliphatic heterocycles. The SMILES string of the molecule is NC(=O)CSc1cccc(NC(=O)/C(=C\c2cccnc2)NC(=O)c2ccccc2)c1. The monoisotopic (exact) mass is 432 g/mol. The van der Waals surface area contributed by atoms with E-state index in [1.807, 2.05) is 6.07 Å². The molecular formula is C23H20N4O3S. The van der Waals surface area contributed by atoms with Crippen molar-refractivity contribution in [1.82, 2.24) is 10.3 Å². The zero-order valence-electron chi connectivity index (χ0n) is 16.4. The molecule has 0 atom stereocenters. The number of pyridine rings is 1. The minimum Gasteiger partial charge on any atom is -0.369 e. The summed E-state index contributed by atoms with van der Waals surface area (Å²) >= 11 is 1.27. The molecule has 3 aromatic rings. The van der Waals surface area contributed by atoms with E-state index < -0.39 is 17.7 Å². The van der Waals surface area contributed by atoms with Gasteiger partial charge in [0.05, 0.1) is 5.75 Å². The van der Waals surface area contributed by atoms with Gasteiger partial charge in [0.1, 0.15) is 5.70 Å². The van der Waals surface area contributed by atoms with Crippen molar-refractivity contribution in [3.63, 3.8) is 0 Å². The van der Waals surface area contributed by atoms with Crippen LogP contribution in [0.5, 0.6) is 0 Å². The molecule has 0 aliphatic rings. The molecule has 0 saturated carbocycles. The Labute approximate surface area is 183 Å². The number of nitrogens with zero attached hydrogens (tertiary/aromatic N) is 1. The van der Waals surface area contributed by atoms with Gasteiger partial charge in [-0.25, -0.2) is 0 Å². The van der Waals surface area contributed by atoms with Crippen molar-refractivity contribution in [2.24, 2.45) is 5.73 Å². The van der Waals surface area contributed by atoms with Gasteiger partial charge in [-0.1, -0.05) is 30.3 Å². The summed E-state index contributed by atoms with van der Waals surface area (Å²) in [5, 5.41) is 5.45. The number of hydrogen-bond donors (Lipinski definition) is 3. The topological polar surface area (TPSA) is 114 Å². The third-order valence-electron chi connectivity index (χ3n) is 4.00. The summed E-state index contributed by atoms with van der Waals surface area (Å²) in [6, 6.07) is 19.1. The molecule has 4 N–H and O–H groups in total. The van der Waals surface area contributed by atoms with Gasteiger partial charge in [0.2, 0.25) is 5.91 Å². The fourth-order valence-electron chi connectivity index (χ4n) is 2.59. The van der Waals surface area contributed by atoms with Crippen LogP contribution in [0, 0.1) is 0 Å². The molecule has 0 unspecified atom stereocenters. The number of anilines is 1. The Bertz CT molecular complexity index is 1100. The number of amides is 3. The van der Waals surface area contributed by atoms with Gasteiger partial charge in [-0.2, -0.15) is 0 Å². The zero-order chi connectivity index (χ0) is 22.1. The van der Waals surface area contributed by atoms with Crippen LogP contribution in [0.2, 0.25) is 0 Å². The quantitative estimate of drug-likeness (QED) is 0.374. The molecule has 3 rings (SSSR count). The average Bonchev–Trinajstić information content (AvgIpc) is 2.78. The van der Waals surface area contributed by atoms with Crippen LogP contribution >= 0.6 is 11.8 Å². The van der Waals surface area contributed by atoms with Gasteiger partial charge in [0.25, 0.3) is 11.8 Å². The Hall–Kier alpha value is -3.91. The second-order valence-corrected chi connectivity index (χ2v) is 7.45. The first kappa shape index (κ1) is 21.8. The van der Waals surface area contributed by atoms with Crippen LogP contribution < -0.4 is 16.4 Å². The maximum Gasteiger partial charge on any atom is 0.272 e. The fraction of sp³-hybridized carbons (Fsp3) is 0.0435. The lowest BCUT2D eigenvalue weighted by Gasteiger charge is -2.12. The van der Waals surface area contributed by atoms with Crippen LogP contribution in [0.4, 0.5) is 5.69 Å². The first-order chi connectivity index (χ1) is 15.0. The molecule has 0 spiro atoms. The summed E-state index contributed by atoms with van der Waals surface area (Å²) in [5.74, 6) is -1.19. The summed E-state index contributed by atoms with van der Waals surface area (Å²) in [5.41, 5.74) is 6.86. The van der Waals surface area contributed by atoms with Gasteiger partial charge in [0.15, 0.2) is 0 Å². The van der Waals surface area contributed by atoms with Gasteiger partial charge in [-0.05, 0) is 48.0 Å². The highest BCUT2D eigenvalue weighted by Crippen LogP contribution is 2.21. The van der Waals surface area contributed by atoms with Crippen molar-refractivity contribution in [1.29, 1.82) is 0 Å². The highest BCUT2D eigenvalue weighted by Gasteiger charge is 2.15. The van der Waals surface area contributed by atoms with E-state index in [2.05, 4.69) is 15.6 Å². The summed E-state index contributed by atoms with van der Waals surface area (Å²) in [6.07, 6.45) is 4.76. The van der Waals surface area contributed by atoms with Crippen molar-refractivity contribution < 1.29 is 14.4 Å². The molecule has 0 fully saturated rings. The number of nitrogens with two attached hydrogens (primary N) is 1. The Balaban J connectivity index is 1.81. The van der Waals surface area contributed by atoms with Crippen molar-refractivity contribution in [3.8, 4) is 0 Å². The number of carbonyl (C=O) groups excluding carboxylic acids is 3. The van der Waals surface area contributed by atoms with Gasteiger partial charge in [-0.15, -0.1) is 11.8 Å². The predicted molar refractivity (Wildman–Crippen MR) is 121 cm³/mol. The van der Waals surface area contributed by atoms with Crippen molar-refractivity contribution in [2.45, 2.75) is 4.90 Å². The minimum atomic E-state index is -0.495. The van der Waals surface area contributed by atoms with E-state index in [0.29, 0.717) is 16.8 Å². The van der Waals surface area contributed by atoms with E-state index in [1.54, 1.807) is 79.1 Å². The number of benzene rings is 2. The molecular weight excluding hydrogens is 412 g/mol. The number of rotatable bonds is 8. The van der Waals surface area contributed by atoms with Crippen LogP contribution in [-0.2, 0) is 9.59 Å². The number of hydrogen-bond acceptors (Lipinski definition) is 5. The Morgan fingerprint density at radius 2 is 1.81 bits per heavy atom. The van der Waals surface area contributed by atoms with Crippen molar-refractivity contribution in [2.75, 3.05) is 11.1 Å². The Morgan fingerprint density at radius 1 is 1.00 bits per heavy atom. The molecule has 0 aliphatic carbocycles. The number of nitrogens with one attached hydrogen (secondary N) is 2. The van der Waals surface area contributed by atoms with Crippen LogP contribution in [0.3, 0.4) is 0 Å². The Kier molecular flexibility index (Phi) is 7.56. The first-order valence-electron chi connectivity index (χ1n) is 9.32. The first-order valence-corrected chi connectivity index (χ1v) is 10.3. The summed E-state index contributed by atoms with van der Waals surface area (Å²) in [6.45, 7) is 0. The Morgan fingerprint density at radius 3 is 2.52 bits per heavy atom. The number of primary amides is 1. The van der Waals surface area contributed by atoms with Crippen LogP contribution in [0.15, 0.2) is 89.7 Å². The maximum atomic E-state index is 13.0. The largest absolute Gasteiger partial charge is 0.369 e. The van der Waals surface area contributed by atoms with E-state index >= 15 is 0 Å². The molecule has 31 heavy (non-hydrogen) atoms. The molecule has 3 amide bonds. The summed E-state index contributed by atoms with van der Waals surface area (Å²) < 4.78 is 0. The van der Waals surface area contributed by atoms with Crippen LogP contribution in [0.1, 0.15) is 15.9 Å². The maximum absolute atomic E-state index is 13.0. The minimum absolute atomic E-state index is 0.0667. The lowest BCUT2D eigenvalue weighted by atomic mass is 10.2. The second kappa shape index (κ2) is 10.7. The lowest BCUT2D eigenvalue weighted by molar-refractivity contribution is -0.115. The molecule has 1 heterocycles. The summed E-state index contributed by atoms with van der Waals surface area (Å²) in [7, 11) is 0. The fourth-order valence-corrected chi connectivity index (χ4v) is 3.28. The zero-order valence-corrected chi connectivity index (χ0v) is 17.3. The molecule has 0 saturated heterocycles. The van der Waals surface area contributed by atoms with Gasteiger partial charge in [0, 0.05) is 28.5 Å². The average molecular weight is 433 g/mol.